The largest absolute Gasteiger partial charge is 0.495 e. The fourth-order valence-corrected chi connectivity index (χ4v) is 1.95. The highest BCUT2D eigenvalue weighted by Gasteiger charge is 2.24. The summed E-state index contributed by atoms with van der Waals surface area (Å²) in [6.45, 7) is 0. The summed E-state index contributed by atoms with van der Waals surface area (Å²) in [4.78, 5) is 22.9. The van der Waals surface area contributed by atoms with Crippen LogP contribution in [0.3, 0.4) is 0 Å². The SMILES string of the molecule is COC(=O)C(=O)c1ccc(OC)c(Br)c1OC. The third-order valence-corrected chi connectivity index (χ3v) is 2.85. The van der Waals surface area contributed by atoms with E-state index < -0.39 is 11.8 Å². The summed E-state index contributed by atoms with van der Waals surface area (Å²) in [6.07, 6.45) is 0. The van der Waals surface area contributed by atoms with Crippen LogP contribution in [0, 0.1) is 0 Å². The number of hydrogen-bond donors (Lipinski definition) is 0. The van der Waals surface area contributed by atoms with E-state index in [1.807, 2.05) is 0 Å². The molecule has 0 radical (unpaired) electrons. The Balaban J connectivity index is 3.31. The second-order valence-electron chi connectivity index (χ2n) is 2.98. The monoisotopic (exact) mass is 302 g/mol. The number of carbonyl (C=O) groups excluding carboxylic acids is 2. The molecule has 0 unspecified atom stereocenters. The molecule has 0 aromatic heterocycles. The van der Waals surface area contributed by atoms with Gasteiger partial charge in [-0.3, -0.25) is 4.79 Å². The van der Waals surface area contributed by atoms with Crippen molar-refractivity contribution in [2.75, 3.05) is 21.3 Å². The number of benzene rings is 1. The Morgan fingerprint density at radius 1 is 1.12 bits per heavy atom. The topological polar surface area (TPSA) is 61.8 Å². The fourth-order valence-electron chi connectivity index (χ4n) is 1.28. The van der Waals surface area contributed by atoms with Gasteiger partial charge in [0.1, 0.15) is 16.0 Å². The Hall–Kier alpha value is -1.56. The molecule has 1 rings (SSSR count). The van der Waals surface area contributed by atoms with E-state index in [0.29, 0.717) is 10.2 Å². The van der Waals surface area contributed by atoms with Crippen molar-refractivity contribution in [3.8, 4) is 11.5 Å². The predicted octanol–water partition coefficient (Wildman–Crippen LogP) is 1.82. The highest BCUT2D eigenvalue weighted by Crippen LogP contribution is 2.37. The summed E-state index contributed by atoms with van der Waals surface area (Å²) in [5, 5.41) is 0. The van der Waals surface area contributed by atoms with Gasteiger partial charge in [0.15, 0.2) is 0 Å². The molecule has 0 saturated carbocycles. The number of hydrogen-bond acceptors (Lipinski definition) is 5. The van der Waals surface area contributed by atoms with Gasteiger partial charge in [-0.2, -0.15) is 0 Å². The van der Waals surface area contributed by atoms with E-state index in [9.17, 15) is 9.59 Å². The molecule has 0 N–H and O–H groups in total. The Morgan fingerprint density at radius 3 is 2.24 bits per heavy atom. The molecule has 6 heteroatoms. The number of ketones is 1. The van der Waals surface area contributed by atoms with E-state index >= 15 is 0 Å². The zero-order valence-electron chi connectivity index (χ0n) is 9.57. The molecule has 0 aliphatic carbocycles. The zero-order chi connectivity index (χ0) is 13.0. The zero-order valence-corrected chi connectivity index (χ0v) is 11.2. The molecule has 0 aliphatic rings. The van der Waals surface area contributed by atoms with E-state index in [4.69, 9.17) is 9.47 Å². The van der Waals surface area contributed by atoms with Gasteiger partial charge < -0.3 is 14.2 Å². The highest BCUT2D eigenvalue weighted by molar-refractivity contribution is 9.10. The van der Waals surface area contributed by atoms with Crippen molar-refractivity contribution >= 4 is 27.7 Å². The average molecular weight is 303 g/mol. The number of carbonyl (C=O) groups is 2. The minimum Gasteiger partial charge on any atom is -0.495 e. The van der Waals surface area contributed by atoms with Crippen molar-refractivity contribution in [2.24, 2.45) is 0 Å². The Labute approximate surface area is 107 Å². The van der Waals surface area contributed by atoms with Crippen molar-refractivity contribution in [2.45, 2.75) is 0 Å². The van der Waals surface area contributed by atoms with Gasteiger partial charge in [-0.1, -0.05) is 0 Å². The minimum absolute atomic E-state index is 0.118. The summed E-state index contributed by atoms with van der Waals surface area (Å²) < 4.78 is 15.0. The van der Waals surface area contributed by atoms with Gasteiger partial charge in [0.05, 0.1) is 26.9 Å². The van der Waals surface area contributed by atoms with Crippen LogP contribution in [0.15, 0.2) is 16.6 Å². The smallest absolute Gasteiger partial charge is 0.379 e. The van der Waals surface area contributed by atoms with Crippen molar-refractivity contribution in [1.29, 1.82) is 0 Å². The summed E-state index contributed by atoms with van der Waals surface area (Å²) in [5.41, 5.74) is 0.118. The number of halogens is 1. The normalized spacial score (nSPS) is 9.65. The van der Waals surface area contributed by atoms with Gasteiger partial charge in [-0.05, 0) is 28.1 Å². The van der Waals surface area contributed by atoms with Crippen LogP contribution < -0.4 is 9.47 Å². The van der Waals surface area contributed by atoms with Crippen molar-refractivity contribution in [3.63, 3.8) is 0 Å². The summed E-state index contributed by atoms with van der Waals surface area (Å²) in [6, 6.07) is 3.00. The number of ether oxygens (including phenoxy) is 3. The van der Waals surface area contributed by atoms with Crippen molar-refractivity contribution in [3.05, 3.63) is 22.2 Å². The lowest BCUT2D eigenvalue weighted by atomic mass is 10.1. The predicted molar refractivity (Wildman–Crippen MR) is 63.6 cm³/mol. The number of methoxy groups -OCH3 is 3. The van der Waals surface area contributed by atoms with E-state index in [1.165, 1.54) is 20.3 Å². The first-order chi connectivity index (χ1) is 8.06. The summed E-state index contributed by atoms with van der Waals surface area (Å²) in [5.74, 6) is -0.976. The molecule has 17 heavy (non-hydrogen) atoms. The molecule has 0 amide bonds. The lowest BCUT2D eigenvalue weighted by Gasteiger charge is -2.11. The van der Waals surface area contributed by atoms with Gasteiger partial charge in [0, 0.05) is 0 Å². The van der Waals surface area contributed by atoms with E-state index in [1.54, 1.807) is 6.07 Å². The molecule has 0 fully saturated rings. The summed E-state index contributed by atoms with van der Waals surface area (Å²) >= 11 is 3.24. The maximum absolute atomic E-state index is 11.7. The average Bonchev–Trinajstić information content (AvgIpc) is 2.36. The molecule has 0 bridgehead atoms. The number of esters is 1. The molecule has 1 aromatic rings. The van der Waals surface area contributed by atoms with Crippen LogP contribution in [0.4, 0.5) is 0 Å². The first-order valence-corrected chi connectivity index (χ1v) is 5.39. The van der Waals surface area contributed by atoms with Gasteiger partial charge in [0.25, 0.3) is 5.78 Å². The van der Waals surface area contributed by atoms with E-state index in [0.717, 1.165) is 7.11 Å². The molecule has 1 aromatic carbocycles. The third-order valence-electron chi connectivity index (χ3n) is 2.10. The highest BCUT2D eigenvalue weighted by atomic mass is 79.9. The lowest BCUT2D eigenvalue weighted by molar-refractivity contribution is -0.135. The van der Waals surface area contributed by atoms with Gasteiger partial charge in [-0.25, -0.2) is 4.79 Å². The maximum Gasteiger partial charge on any atom is 0.379 e. The quantitative estimate of drug-likeness (QED) is 0.482. The Bertz CT molecular complexity index is 455. The Morgan fingerprint density at radius 2 is 1.76 bits per heavy atom. The van der Waals surface area contributed by atoms with Crippen molar-refractivity contribution in [1.82, 2.24) is 0 Å². The van der Waals surface area contributed by atoms with Gasteiger partial charge in [0.2, 0.25) is 0 Å². The first-order valence-electron chi connectivity index (χ1n) is 4.60. The van der Waals surface area contributed by atoms with Crippen LogP contribution in [0.2, 0.25) is 0 Å². The van der Waals surface area contributed by atoms with Crippen LogP contribution in [-0.4, -0.2) is 33.1 Å². The first kappa shape index (κ1) is 13.5. The fraction of sp³-hybridized carbons (Fsp3) is 0.273. The maximum atomic E-state index is 11.7. The van der Waals surface area contributed by atoms with Crippen LogP contribution in [0.25, 0.3) is 0 Å². The number of Topliss-reactive ketones (excluding diaryl/α,β-unsaturated/α-hetero) is 1. The minimum atomic E-state index is -0.944. The molecular weight excluding hydrogens is 292 g/mol. The molecule has 0 heterocycles. The van der Waals surface area contributed by atoms with Gasteiger partial charge in [-0.15, -0.1) is 0 Å². The van der Waals surface area contributed by atoms with E-state index in [2.05, 4.69) is 20.7 Å². The van der Waals surface area contributed by atoms with Crippen LogP contribution >= 0.6 is 15.9 Å². The molecule has 0 aliphatic heterocycles. The lowest BCUT2D eigenvalue weighted by Crippen LogP contribution is -2.16. The van der Waals surface area contributed by atoms with Crippen LogP contribution in [-0.2, 0) is 9.53 Å². The molecule has 0 spiro atoms. The van der Waals surface area contributed by atoms with E-state index in [-0.39, 0.29) is 11.3 Å². The molecule has 92 valence electrons. The second-order valence-corrected chi connectivity index (χ2v) is 3.78. The summed E-state index contributed by atoms with van der Waals surface area (Å²) in [7, 11) is 4.03. The Kier molecular flexibility index (Phi) is 4.51. The second kappa shape index (κ2) is 5.67. The third kappa shape index (κ3) is 2.58. The van der Waals surface area contributed by atoms with Crippen molar-refractivity contribution < 1.29 is 23.8 Å². The van der Waals surface area contributed by atoms with Crippen LogP contribution in [0.5, 0.6) is 11.5 Å². The molecular formula is C11H11BrO5. The van der Waals surface area contributed by atoms with Gasteiger partial charge >= 0.3 is 5.97 Å². The molecule has 5 nitrogen and oxygen atoms in total. The molecule has 0 atom stereocenters. The van der Waals surface area contributed by atoms with Crippen LogP contribution in [0.1, 0.15) is 10.4 Å². The number of rotatable bonds is 4. The molecule has 0 saturated heterocycles. The standard InChI is InChI=1S/C11H11BrO5/c1-15-7-5-4-6(9(13)11(14)17-3)10(16-2)8(7)12/h4-5H,1-3H3.